The smallest absolute Gasteiger partial charge is 0.224 e. The predicted molar refractivity (Wildman–Crippen MR) is 75.0 cm³/mol. The minimum Gasteiger partial charge on any atom is -0.382 e. The molecule has 19 heavy (non-hydrogen) atoms. The van der Waals surface area contributed by atoms with E-state index in [1.165, 1.54) is 12.7 Å². The molecule has 1 aliphatic heterocycles. The highest BCUT2D eigenvalue weighted by atomic mass is 35.5. The lowest BCUT2D eigenvalue weighted by Gasteiger charge is -2.26. The van der Waals surface area contributed by atoms with E-state index < -0.39 is 0 Å². The van der Waals surface area contributed by atoms with E-state index in [2.05, 4.69) is 15.3 Å². The molecule has 0 saturated carbocycles. The molecule has 0 unspecified atom stereocenters. The van der Waals surface area contributed by atoms with E-state index in [1.54, 1.807) is 0 Å². The number of aromatic nitrogens is 2. The van der Waals surface area contributed by atoms with Crippen LogP contribution in [-0.4, -0.2) is 40.4 Å². The number of hydrogen-bond donors (Lipinski definition) is 2. The second kappa shape index (κ2) is 6.56. The van der Waals surface area contributed by atoms with E-state index in [1.807, 2.05) is 4.90 Å². The third-order valence-electron chi connectivity index (χ3n) is 3.16. The van der Waals surface area contributed by atoms with Gasteiger partial charge in [-0.3, -0.25) is 4.79 Å². The second-order valence-corrected chi connectivity index (χ2v) is 4.92. The van der Waals surface area contributed by atoms with Gasteiger partial charge >= 0.3 is 0 Å². The molecule has 0 radical (unpaired) electrons. The molecule has 3 N–H and O–H groups in total. The van der Waals surface area contributed by atoms with E-state index in [9.17, 15) is 4.79 Å². The minimum atomic E-state index is 0.172. The molecule has 1 aliphatic rings. The Kier molecular flexibility index (Phi) is 4.79. The predicted octanol–water partition coefficient (Wildman–Crippen LogP) is 1.53. The number of amides is 1. The second-order valence-electron chi connectivity index (χ2n) is 4.54. The molecule has 0 aliphatic carbocycles. The van der Waals surface area contributed by atoms with E-state index in [-0.39, 0.29) is 11.7 Å². The van der Waals surface area contributed by atoms with Crippen LogP contribution in [0.1, 0.15) is 25.7 Å². The third kappa shape index (κ3) is 3.70. The highest BCUT2D eigenvalue weighted by molar-refractivity contribution is 6.35. The van der Waals surface area contributed by atoms with Crippen molar-refractivity contribution in [3.05, 3.63) is 11.3 Å². The molecule has 0 spiro atoms. The molecule has 1 aromatic rings. The molecule has 0 atom stereocenters. The Morgan fingerprint density at radius 1 is 1.37 bits per heavy atom. The summed E-state index contributed by atoms with van der Waals surface area (Å²) in [6.45, 7) is 2.24. The first-order valence-electron chi connectivity index (χ1n) is 6.46. The Bertz CT molecular complexity index is 448. The Morgan fingerprint density at radius 3 is 2.84 bits per heavy atom. The number of nitrogens with zero attached hydrogens (tertiary/aromatic N) is 3. The van der Waals surface area contributed by atoms with Gasteiger partial charge in [-0.15, -0.1) is 0 Å². The van der Waals surface area contributed by atoms with Gasteiger partial charge in [-0.1, -0.05) is 11.6 Å². The molecule has 0 aromatic carbocycles. The molecule has 7 heteroatoms. The van der Waals surface area contributed by atoms with Gasteiger partial charge in [0.25, 0.3) is 0 Å². The van der Waals surface area contributed by atoms with E-state index in [0.29, 0.717) is 23.8 Å². The van der Waals surface area contributed by atoms with Crippen LogP contribution in [0.3, 0.4) is 0 Å². The number of piperidine rings is 1. The summed E-state index contributed by atoms with van der Waals surface area (Å²) in [7, 11) is 0. The number of rotatable bonds is 4. The molecule has 1 amide bonds. The first-order valence-corrected chi connectivity index (χ1v) is 6.84. The summed E-state index contributed by atoms with van der Waals surface area (Å²) in [4.78, 5) is 21.6. The molecule has 0 bridgehead atoms. The Labute approximate surface area is 117 Å². The van der Waals surface area contributed by atoms with Crippen molar-refractivity contribution in [2.45, 2.75) is 25.7 Å². The summed E-state index contributed by atoms with van der Waals surface area (Å²) in [6.07, 6.45) is 5.20. The summed E-state index contributed by atoms with van der Waals surface area (Å²) in [5, 5.41) is 3.31. The molecule has 6 nitrogen and oxygen atoms in total. The largest absolute Gasteiger partial charge is 0.382 e. The molecule has 1 saturated heterocycles. The zero-order chi connectivity index (χ0) is 13.7. The molecular weight excluding hydrogens is 266 g/mol. The van der Waals surface area contributed by atoms with Crippen LogP contribution in [0.2, 0.25) is 5.02 Å². The highest BCUT2D eigenvalue weighted by Gasteiger charge is 2.16. The normalized spacial score (nSPS) is 15.3. The fourth-order valence-corrected chi connectivity index (χ4v) is 2.26. The quantitative estimate of drug-likeness (QED) is 0.875. The van der Waals surface area contributed by atoms with Crippen LogP contribution in [-0.2, 0) is 4.79 Å². The number of nitrogens with two attached hydrogens (primary N) is 1. The van der Waals surface area contributed by atoms with Crippen LogP contribution in [0.4, 0.5) is 11.6 Å². The van der Waals surface area contributed by atoms with Gasteiger partial charge in [0.2, 0.25) is 5.91 Å². The van der Waals surface area contributed by atoms with Gasteiger partial charge in [-0.05, 0) is 19.3 Å². The Morgan fingerprint density at radius 2 is 2.11 bits per heavy atom. The van der Waals surface area contributed by atoms with Crippen molar-refractivity contribution in [2.24, 2.45) is 0 Å². The van der Waals surface area contributed by atoms with Gasteiger partial charge in [0.1, 0.15) is 23.0 Å². The summed E-state index contributed by atoms with van der Waals surface area (Å²) >= 11 is 5.95. The number of hydrogen-bond acceptors (Lipinski definition) is 5. The van der Waals surface area contributed by atoms with Crippen LogP contribution in [0, 0.1) is 0 Å². The Hall–Kier alpha value is -1.56. The number of carbonyl (C=O) groups excluding carboxylic acids is 1. The molecule has 2 heterocycles. The van der Waals surface area contributed by atoms with E-state index in [0.717, 1.165) is 25.9 Å². The van der Waals surface area contributed by atoms with Gasteiger partial charge in [-0.2, -0.15) is 0 Å². The Balaban J connectivity index is 1.79. The number of carbonyl (C=O) groups is 1. The zero-order valence-corrected chi connectivity index (χ0v) is 11.5. The maximum absolute atomic E-state index is 11.9. The van der Waals surface area contributed by atoms with Gasteiger partial charge in [-0.25, -0.2) is 9.97 Å². The van der Waals surface area contributed by atoms with Gasteiger partial charge in [0.15, 0.2) is 0 Å². The van der Waals surface area contributed by atoms with Gasteiger partial charge < -0.3 is 16.0 Å². The van der Waals surface area contributed by atoms with Crippen molar-refractivity contribution in [3.8, 4) is 0 Å². The van der Waals surface area contributed by atoms with E-state index >= 15 is 0 Å². The van der Waals surface area contributed by atoms with Crippen molar-refractivity contribution in [1.82, 2.24) is 14.9 Å². The maximum atomic E-state index is 11.9. The summed E-state index contributed by atoms with van der Waals surface area (Å²) in [5.41, 5.74) is 5.57. The number of likely N-dealkylation sites (tertiary alicyclic amines) is 1. The first kappa shape index (κ1) is 13.9. The number of halogens is 1. The molecule has 2 rings (SSSR count). The van der Waals surface area contributed by atoms with Crippen LogP contribution in [0.25, 0.3) is 0 Å². The standard InChI is InChI=1S/C12H18ClN5O/c13-10-11(14)16-8-17-12(10)15-5-4-9(19)18-6-2-1-3-7-18/h8H,1-7H2,(H3,14,15,16,17). The average molecular weight is 284 g/mol. The fourth-order valence-electron chi connectivity index (χ4n) is 2.10. The van der Waals surface area contributed by atoms with Crippen LogP contribution >= 0.6 is 11.6 Å². The summed E-state index contributed by atoms with van der Waals surface area (Å²) in [5.74, 6) is 0.882. The molecular formula is C12H18ClN5O. The monoisotopic (exact) mass is 283 g/mol. The van der Waals surface area contributed by atoms with E-state index in [4.69, 9.17) is 17.3 Å². The lowest BCUT2D eigenvalue weighted by Crippen LogP contribution is -2.36. The fraction of sp³-hybridized carbons (Fsp3) is 0.583. The number of nitrogens with one attached hydrogen (secondary N) is 1. The van der Waals surface area contributed by atoms with Gasteiger partial charge in [0.05, 0.1) is 0 Å². The topological polar surface area (TPSA) is 84.1 Å². The molecule has 1 aromatic heterocycles. The first-order chi connectivity index (χ1) is 9.18. The van der Waals surface area contributed by atoms with Gasteiger partial charge in [0, 0.05) is 26.1 Å². The lowest BCUT2D eigenvalue weighted by atomic mass is 10.1. The third-order valence-corrected chi connectivity index (χ3v) is 3.53. The van der Waals surface area contributed by atoms with Crippen LogP contribution in [0.5, 0.6) is 0 Å². The highest BCUT2D eigenvalue weighted by Crippen LogP contribution is 2.22. The van der Waals surface area contributed by atoms with Crippen molar-refractivity contribution in [1.29, 1.82) is 0 Å². The minimum absolute atomic E-state index is 0.172. The number of anilines is 2. The van der Waals surface area contributed by atoms with Crippen molar-refractivity contribution >= 4 is 29.1 Å². The van der Waals surface area contributed by atoms with Crippen molar-refractivity contribution in [2.75, 3.05) is 30.7 Å². The molecule has 104 valence electrons. The lowest BCUT2D eigenvalue weighted by molar-refractivity contribution is -0.131. The summed E-state index contributed by atoms with van der Waals surface area (Å²) in [6, 6.07) is 0. The molecule has 1 fully saturated rings. The van der Waals surface area contributed by atoms with Crippen molar-refractivity contribution < 1.29 is 4.79 Å². The SMILES string of the molecule is Nc1ncnc(NCCC(=O)N2CCCCC2)c1Cl. The van der Waals surface area contributed by atoms with Crippen molar-refractivity contribution in [3.63, 3.8) is 0 Å². The van der Waals surface area contributed by atoms with Crippen LogP contribution in [0.15, 0.2) is 6.33 Å². The summed E-state index contributed by atoms with van der Waals surface area (Å²) < 4.78 is 0. The number of nitrogen functional groups attached to an aromatic ring is 1. The maximum Gasteiger partial charge on any atom is 0.224 e. The zero-order valence-electron chi connectivity index (χ0n) is 10.7. The van der Waals surface area contributed by atoms with Crippen LogP contribution < -0.4 is 11.1 Å². The average Bonchev–Trinajstić information content (AvgIpc) is 2.44.